The fourth-order valence-electron chi connectivity index (χ4n) is 1.63. The van der Waals surface area contributed by atoms with Crippen molar-refractivity contribution in [2.45, 2.75) is 12.8 Å². The minimum Gasteiger partial charge on any atom is -0.323 e. The van der Waals surface area contributed by atoms with Crippen molar-refractivity contribution < 1.29 is 0 Å². The molecule has 2 rings (SSSR count). The van der Waals surface area contributed by atoms with E-state index in [0.717, 1.165) is 29.7 Å². The van der Waals surface area contributed by atoms with Crippen LogP contribution in [0.1, 0.15) is 17.5 Å². The molecule has 0 aromatic heterocycles. The SMILES string of the molecule is N/N=C1\CCc2c(Cl)cc(Cl)cc21. The van der Waals surface area contributed by atoms with Crippen LogP contribution in [0.2, 0.25) is 10.0 Å². The highest BCUT2D eigenvalue weighted by molar-refractivity contribution is 6.36. The number of fused-ring (bicyclic) bond motifs is 1. The predicted molar refractivity (Wildman–Crippen MR) is 55.5 cm³/mol. The Bertz CT molecular complexity index is 385. The average Bonchev–Trinajstić information content (AvgIpc) is 2.47. The van der Waals surface area contributed by atoms with E-state index in [1.54, 1.807) is 6.07 Å². The third-order valence-electron chi connectivity index (χ3n) is 2.24. The summed E-state index contributed by atoms with van der Waals surface area (Å²) in [6.07, 6.45) is 1.76. The van der Waals surface area contributed by atoms with Crippen LogP contribution in [0.5, 0.6) is 0 Å². The molecular weight excluding hydrogens is 207 g/mol. The van der Waals surface area contributed by atoms with Crippen molar-refractivity contribution in [1.82, 2.24) is 0 Å². The molecule has 0 aliphatic heterocycles. The third-order valence-corrected chi connectivity index (χ3v) is 2.79. The van der Waals surface area contributed by atoms with Gasteiger partial charge in [-0.2, -0.15) is 5.10 Å². The van der Waals surface area contributed by atoms with Crippen LogP contribution in [0.4, 0.5) is 0 Å². The molecule has 0 saturated heterocycles. The molecule has 0 bridgehead atoms. The van der Waals surface area contributed by atoms with E-state index in [0.29, 0.717) is 10.0 Å². The molecule has 0 amide bonds. The minimum atomic E-state index is 0.631. The first-order chi connectivity index (χ1) is 6.22. The molecule has 0 atom stereocenters. The van der Waals surface area contributed by atoms with Crippen LogP contribution in [-0.2, 0) is 6.42 Å². The van der Waals surface area contributed by atoms with E-state index in [1.165, 1.54) is 0 Å². The fourth-order valence-corrected chi connectivity index (χ4v) is 2.22. The van der Waals surface area contributed by atoms with Crippen LogP contribution in [-0.4, -0.2) is 5.71 Å². The summed E-state index contributed by atoms with van der Waals surface area (Å²) in [5, 5.41) is 5.05. The highest BCUT2D eigenvalue weighted by Crippen LogP contribution is 2.32. The van der Waals surface area contributed by atoms with Crippen molar-refractivity contribution in [3.05, 3.63) is 33.3 Å². The maximum Gasteiger partial charge on any atom is 0.0679 e. The highest BCUT2D eigenvalue weighted by atomic mass is 35.5. The third kappa shape index (κ3) is 1.40. The molecule has 1 aliphatic rings. The molecule has 0 saturated carbocycles. The van der Waals surface area contributed by atoms with E-state index in [9.17, 15) is 0 Å². The Hall–Kier alpha value is -0.730. The van der Waals surface area contributed by atoms with Gasteiger partial charge in [0.15, 0.2) is 0 Å². The molecule has 2 nitrogen and oxygen atoms in total. The maximum absolute atomic E-state index is 6.02. The number of hydrogen-bond acceptors (Lipinski definition) is 2. The summed E-state index contributed by atoms with van der Waals surface area (Å²) in [7, 11) is 0. The van der Waals surface area contributed by atoms with Crippen molar-refractivity contribution in [1.29, 1.82) is 0 Å². The van der Waals surface area contributed by atoms with Crippen LogP contribution in [0.3, 0.4) is 0 Å². The first kappa shape index (κ1) is 8.85. The van der Waals surface area contributed by atoms with Crippen molar-refractivity contribution in [3.63, 3.8) is 0 Å². The first-order valence-corrected chi connectivity index (χ1v) is 4.73. The summed E-state index contributed by atoms with van der Waals surface area (Å²) < 4.78 is 0. The number of halogens is 2. The molecule has 1 aromatic rings. The summed E-state index contributed by atoms with van der Waals surface area (Å²) in [6, 6.07) is 3.61. The van der Waals surface area contributed by atoms with Gasteiger partial charge >= 0.3 is 0 Å². The molecule has 68 valence electrons. The standard InChI is InChI=1S/C9H8Cl2N2/c10-5-3-7-6(8(11)4-5)1-2-9(7)13-12/h3-4H,1-2,12H2/b13-9+. The molecule has 0 unspecified atom stereocenters. The monoisotopic (exact) mass is 214 g/mol. The van der Waals surface area contributed by atoms with Crippen molar-refractivity contribution in [2.24, 2.45) is 10.9 Å². The first-order valence-electron chi connectivity index (χ1n) is 3.97. The van der Waals surface area contributed by atoms with E-state index >= 15 is 0 Å². The summed E-state index contributed by atoms with van der Waals surface area (Å²) in [4.78, 5) is 0. The van der Waals surface area contributed by atoms with E-state index in [2.05, 4.69) is 5.10 Å². The second-order valence-electron chi connectivity index (χ2n) is 2.99. The molecule has 0 fully saturated rings. The van der Waals surface area contributed by atoms with Gasteiger partial charge in [-0.15, -0.1) is 0 Å². The second-order valence-corrected chi connectivity index (χ2v) is 3.83. The van der Waals surface area contributed by atoms with Crippen LogP contribution in [0, 0.1) is 0 Å². The van der Waals surface area contributed by atoms with Gasteiger partial charge in [0.05, 0.1) is 5.71 Å². The molecule has 0 spiro atoms. The molecule has 0 radical (unpaired) electrons. The van der Waals surface area contributed by atoms with Gasteiger partial charge in [0.25, 0.3) is 0 Å². The zero-order valence-electron chi connectivity index (χ0n) is 6.85. The lowest BCUT2D eigenvalue weighted by atomic mass is 10.1. The predicted octanol–water partition coefficient (Wildman–Crippen LogP) is 2.60. The summed E-state index contributed by atoms with van der Waals surface area (Å²) >= 11 is 11.9. The molecular formula is C9H8Cl2N2. The van der Waals surface area contributed by atoms with Gasteiger partial charge in [0.2, 0.25) is 0 Å². The average molecular weight is 215 g/mol. The molecule has 13 heavy (non-hydrogen) atoms. The lowest BCUT2D eigenvalue weighted by molar-refractivity contribution is 1.08. The van der Waals surface area contributed by atoms with Crippen LogP contribution in [0.25, 0.3) is 0 Å². The van der Waals surface area contributed by atoms with Crippen molar-refractivity contribution >= 4 is 28.9 Å². The number of rotatable bonds is 0. The molecule has 2 N–H and O–H groups in total. The number of hydrogen-bond donors (Lipinski definition) is 1. The zero-order valence-corrected chi connectivity index (χ0v) is 8.36. The van der Waals surface area contributed by atoms with Gasteiger partial charge in [-0.05, 0) is 30.5 Å². The largest absolute Gasteiger partial charge is 0.323 e. The Morgan fingerprint density at radius 2 is 2.00 bits per heavy atom. The van der Waals surface area contributed by atoms with E-state index in [4.69, 9.17) is 29.0 Å². The van der Waals surface area contributed by atoms with E-state index in [1.807, 2.05) is 6.07 Å². The van der Waals surface area contributed by atoms with Gasteiger partial charge in [-0.25, -0.2) is 0 Å². The van der Waals surface area contributed by atoms with Crippen molar-refractivity contribution in [2.75, 3.05) is 0 Å². The maximum atomic E-state index is 6.02. The number of benzene rings is 1. The molecule has 4 heteroatoms. The Morgan fingerprint density at radius 3 is 2.69 bits per heavy atom. The quantitative estimate of drug-likeness (QED) is 0.524. The molecule has 1 aromatic carbocycles. The fraction of sp³-hybridized carbons (Fsp3) is 0.222. The Kier molecular flexibility index (Phi) is 2.18. The van der Waals surface area contributed by atoms with Gasteiger partial charge in [-0.1, -0.05) is 23.2 Å². The summed E-state index contributed by atoms with van der Waals surface area (Å²) in [5.74, 6) is 5.25. The van der Waals surface area contributed by atoms with Crippen LogP contribution >= 0.6 is 23.2 Å². The summed E-state index contributed by atoms with van der Waals surface area (Å²) in [5.41, 5.74) is 3.00. The zero-order chi connectivity index (χ0) is 9.42. The lowest BCUT2D eigenvalue weighted by Gasteiger charge is -2.02. The van der Waals surface area contributed by atoms with Gasteiger partial charge in [-0.3, -0.25) is 0 Å². The summed E-state index contributed by atoms with van der Waals surface area (Å²) in [6.45, 7) is 0. The van der Waals surface area contributed by atoms with Gasteiger partial charge < -0.3 is 5.84 Å². The Balaban J connectivity index is 2.64. The minimum absolute atomic E-state index is 0.631. The topological polar surface area (TPSA) is 38.4 Å². The number of nitrogens with zero attached hydrogens (tertiary/aromatic N) is 1. The Morgan fingerprint density at radius 1 is 1.23 bits per heavy atom. The Labute approximate surface area is 86.3 Å². The van der Waals surface area contributed by atoms with Crippen LogP contribution in [0.15, 0.2) is 17.2 Å². The van der Waals surface area contributed by atoms with Gasteiger partial charge in [0.1, 0.15) is 0 Å². The number of hydrazone groups is 1. The lowest BCUT2D eigenvalue weighted by Crippen LogP contribution is -1.98. The smallest absolute Gasteiger partial charge is 0.0679 e. The molecule has 1 aliphatic carbocycles. The van der Waals surface area contributed by atoms with Crippen LogP contribution < -0.4 is 5.84 Å². The number of nitrogens with two attached hydrogens (primary N) is 1. The normalized spacial score (nSPS) is 17.8. The van der Waals surface area contributed by atoms with E-state index in [-0.39, 0.29) is 0 Å². The highest BCUT2D eigenvalue weighted by Gasteiger charge is 2.20. The molecule has 0 heterocycles. The van der Waals surface area contributed by atoms with E-state index < -0.39 is 0 Å². The van der Waals surface area contributed by atoms with Crippen molar-refractivity contribution in [3.8, 4) is 0 Å². The second kappa shape index (κ2) is 3.20. The van der Waals surface area contributed by atoms with Gasteiger partial charge in [0, 0.05) is 15.6 Å².